The van der Waals surface area contributed by atoms with Crippen LogP contribution in [0.2, 0.25) is 0 Å². The average Bonchev–Trinajstić information content (AvgIpc) is 3.28. The molecule has 10 heteroatoms. The smallest absolute Gasteiger partial charge is 0.278 e. The Labute approximate surface area is 155 Å². The maximum Gasteiger partial charge on any atom is 0.278 e. The number of aromatic nitrogens is 7. The summed E-state index contributed by atoms with van der Waals surface area (Å²) in [7, 11) is 1.77. The second kappa shape index (κ2) is 7.23. The number of carbonyl (C=O) groups is 1. The Morgan fingerprint density at radius 2 is 2.04 bits per heavy atom. The molecule has 1 aromatic carbocycles. The van der Waals surface area contributed by atoms with Crippen LogP contribution in [0.25, 0.3) is 11.4 Å². The Bertz CT molecular complexity index is 955. The van der Waals surface area contributed by atoms with E-state index in [1.165, 1.54) is 0 Å². The number of anilines is 1. The van der Waals surface area contributed by atoms with Gasteiger partial charge in [0.1, 0.15) is 0 Å². The molecule has 0 unspecified atom stereocenters. The summed E-state index contributed by atoms with van der Waals surface area (Å²) in [5.41, 5.74) is 2.60. The Morgan fingerprint density at radius 1 is 1.22 bits per heavy atom. The molecular weight excluding hydrogens is 346 g/mol. The SMILES string of the molecule is Cc1c(C(=O)Nc2cccc(-c3nnnn3C)c2)nnn1C1CCNCC1. The van der Waals surface area contributed by atoms with Crippen molar-refractivity contribution in [2.75, 3.05) is 18.4 Å². The lowest BCUT2D eigenvalue weighted by Crippen LogP contribution is -2.30. The van der Waals surface area contributed by atoms with Crippen LogP contribution in [-0.2, 0) is 7.05 Å². The van der Waals surface area contributed by atoms with Gasteiger partial charge >= 0.3 is 0 Å². The van der Waals surface area contributed by atoms with Crippen molar-refractivity contribution in [3.8, 4) is 11.4 Å². The minimum atomic E-state index is -0.277. The minimum absolute atomic E-state index is 0.277. The van der Waals surface area contributed by atoms with Crippen molar-refractivity contribution >= 4 is 11.6 Å². The molecule has 140 valence electrons. The second-order valence-electron chi connectivity index (χ2n) is 6.61. The third kappa shape index (κ3) is 3.43. The van der Waals surface area contributed by atoms with Crippen molar-refractivity contribution in [3.63, 3.8) is 0 Å². The zero-order valence-electron chi connectivity index (χ0n) is 15.3. The Hall–Kier alpha value is -3.14. The molecule has 3 heterocycles. The van der Waals surface area contributed by atoms with Crippen molar-refractivity contribution in [2.45, 2.75) is 25.8 Å². The highest BCUT2D eigenvalue weighted by Crippen LogP contribution is 2.22. The fraction of sp³-hybridized carbons (Fsp3) is 0.412. The molecule has 0 bridgehead atoms. The average molecular weight is 367 g/mol. The van der Waals surface area contributed by atoms with E-state index in [2.05, 4.69) is 36.5 Å². The van der Waals surface area contributed by atoms with Crippen LogP contribution < -0.4 is 10.6 Å². The van der Waals surface area contributed by atoms with Crippen LogP contribution in [0, 0.1) is 6.92 Å². The fourth-order valence-corrected chi connectivity index (χ4v) is 3.35. The summed E-state index contributed by atoms with van der Waals surface area (Å²) in [6.45, 7) is 3.79. The van der Waals surface area contributed by atoms with Gasteiger partial charge in [0.15, 0.2) is 11.5 Å². The lowest BCUT2D eigenvalue weighted by Gasteiger charge is -2.23. The topological polar surface area (TPSA) is 115 Å². The second-order valence-corrected chi connectivity index (χ2v) is 6.61. The normalized spacial score (nSPS) is 15.0. The van der Waals surface area contributed by atoms with Gasteiger partial charge in [-0.2, -0.15) is 0 Å². The van der Waals surface area contributed by atoms with Crippen LogP contribution in [0.3, 0.4) is 0 Å². The van der Waals surface area contributed by atoms with Gasteiger partial charge in [-0.3, -0.25) is 4.79 Å². The minimum Gasteiger partial charge on any atom is -0.321 e. The zero-order chi connectivity index (χ0) is 18.8. The Morgan fingerprint density at radius 3 is 2.78 bits per heavy atom. The zero-order valence-corrected chi connectivity index (χ0v) is 15.3. The van der Waals surface area contributed by atoms with Crippen molar-refractivity contribution < 1.29 is 4.79 Å². The quantitative estimate of drug-likeness (QED) is 0.705. The summed E-state index contributed by atoms with van der Waals surface area (Å²) in [5, 5.41) is 26.0. The van der Waals surface area contributed by atoms with E-state index in [-0.39, 0.29) is 11.9 Å². The molecule has 0 aliphatic carbocycles. The predicted octanol–water partition coefficient (Wildman–Crippen LogP) is 0.954. The number of aryl methyl sites for hydroxylation is 1. The molecule has 4 rings (SSSR count). The third-order valence-corrected chi connectivity index (χ3v) is 4.80. The van der Waals surface area contributed by atoms with Crippen LogP contribution in [0.4, 0.5) is 5.69 Å². The molecule has 0 radical (unpaired) electrons. The lowest BCUT2D eigenvalue weighted by atomic mass is 10.1. The molecule has 1 saturated heterocycles. The molecule has 10 nitrogen and oxygen atoms in total. The van der Waals surface area contributed by atoms with E-state index >= 15 is 0 Å². The molecule has 2 N–H and O–H groups in total. The molecule has 0 spiro atoms. The number of nitrogens with one attached hydrogen (secondary N) is 2. The van der Waals surface area contributed by atoms with Gasteiger partial charge in [-0.25, -0.2) is 9.36 Å². The van der Waals surface area contributed by atoms with Crippen LogP contribution >= 0.6 is 0 Å². The molecule has 0 atom stereocenters. The highest BCUT2D eigenvalue weighted by atomic mass is 16.2. The number of tetrazole rings is 1. The van der Waals surface area contributed by atoms with Crippen LogP contribution in [0.15, 0.2) is 24.3 Å². The Balaban J connectivity index is 1.53. The Kier molecular flexibility index (Phi) is 4.63. The number of rotatable bonds is 4. The first-order valence-corrected chi connectivity index (χ1v) is 8.90. The summed E-state index contributed by atoms with van der Waals surface area (Å²) in [6.07, 6.45) is 1.97. The van der Waals surface area contributed by atoms with Gasteiger partial charge in [0.2, 0.25) is 0 Å². The molecule has 1 fully saturated rings. The molecule has 0 saturated carbocycles. The first kappa shape index (κ1) is 17.3. The fourth-order valence-electron chi connectivity index (χ4n) is 3.35. The van der Waals surface area contributed by atoms with Crippen molar-refractivity contribution in [1.82, 2.24) is 40.5 Å². The van der Waals surface area contributed by atoms with Gasteiger partial charge in [-0.05, 0) is 55.4 Å². The van der Waals surface area contributed by atoms with Crippen LogP contribution in [0.1, 0.15) is 35.1 Å². The number of nitrogens with zero attached hydrogens (tertiary/aromatic N) is 7. The first-order chi connectivity index (χ1) is 13.1. The van der Waals surface area contributed by atoms with Gasteiger partial charge in [-0.15, -0.1) is 10.2 Å². The number of carbonyl (C=O) groups excluding carboxylic acids is 1. The number of benzene rings is 1. The molecule has 2 aromatic heterocycles. The summed E-state index contributed by atoms with van der Waals surface area (Å²) >= 11 is 0. The maximum absolute atomic E-state index is 12.7. The monoisotopic (exact) mass is 367 g/mol. The lowest BCUT2D eigenvalue weighted by molar-refractivity contribution is 0.102. The van der Waals surface area contributed by atoms with Crippen molar-refractivity contribution in [2.24, 2.45) is 7.05 Å². The third-order valence-electron chi connectivity index (χ3n) is 4.80. The van der Waals surface area contributed by atoms with Gasteiger partial charge in [-0.1, -0.05) is 17.3 Å². The summed E-state index contributed by atoms with van der Waals surface area (Å²) in [6, 6.07) is 7.67. The molecule has 1 amide bonds. The van der Waals surface area contributed by atoms with Crippen LogP contribution in [-0.4, -0.2) is 54.2 Å². The van der Waals surface area contributed by atoms with Gasteiger partial charge in [0.25, 0.3) is 5.91 Å². The number of hydrogen-bond donors (Lipinski definition) is 2. The summed E-state index contributed by atoms with van der Waals surface area (Å²) in [4.78, 5) is 12.7. The molecule has 1 aliphatic heterocycles. The van der Waals surface area contributed by atoms with E-state index in [0.29, 0.717) is 17.2 Å². The summed E-state index contributed by atoms with van der Waals surface area (Å²) in [5.74, 6) is 0.347. The van der Waals surface area contributed by atoms with E-state index in [1.807, 2.05) is 35.9 Å². The summed E-state index contributed by atoms with van der Waals surface area (Å²) < 4.78 is 3.45. The van der Waals surface area contributed by atoms with E-state index in [0.717, 1.165) is 37.2 Å². The van der Waals surface area contributed by atoms with Crippen molar-refractivity contribution in [3.05, 3.63) is 35.7 Å². The van der Waals surface area contributed by atoms with E-state index < -0.39 is 0 Å². The molecule has 27 heavy (non-hydrogen) atoms. The van der Waals surface area contributed by atoms with Gasteiger partial charge in [0, 0.05) is 18.3 Å². The molecule has 3 aromatic rings. The van der Waals surface area contributed by atoms with Gasteiger partial charge < -0.3 is 10.6 Å². The molecular formula is C17H21N9O. The first-order valence-electron chi connectivity index (χ1n) is 8.90. The number of amides is 1. The van der Waals surface area contributed by atoms with E-state index in [9.17, 15) is 4.79 Å². The standard InChI is InChI=1S/C17H21N9O/c1-11-15(20-23-26(11)14-6-8-18-9-7-14)17(27)19-13-5-3-4-12(10-13)16-21-22-24-25(16)2/h3-5,10,14,18H,6-9H2,1-2H3,(H,19,27). The van der Waals surface area contributed by atoms with E-state index in [1.54, 1.807) is 11.7 Å². The van der Waals surface area contributed by atoms with Crippen LogP contribution in [0.5, 0.6) is 0 Å². The van der Waals surface area contributed by atoms with E-state index in [4.69, 9.17) is 0 Å². The predicted molar refractivity (Wildman–Crippen MR) is 98.1 cm³/mol. The van der Waals surface area contributed by atoms with Crippen molar-refractivity contribution in [1.29, 1.82) is 0 Å². The largest absolute Gasteiger partial charge is 0.321 e. The molecule has 1 aliphatic rings. The number of piperidine rings is 1. The van der Waals surface area contributed by atoms with Gasteiger partial charge in [0.05, 0.1) is 11.7 Å². The maximum atomic E-state index is 12.7. The highest BCUT2D eigenvalue weighted by Gasteiger charge is 2.23. The number of hydrogen-bond acceptors (Lipinski definition) is 7. The highest BCUT2D eigenvalue weighted by molar-refractivity contribution is 6.03.